The Bertz CT molecular complexity index is 1110. The van der Waals surface area contributed by atoms with E-state index in [9.17, 15) is 13.2 Å². The fourth-order valence-electron chi connectivity index (χ4n) is 2.25. The number of nitrogens with zero attached hydrogens (tertiary/aromatic N) is 3. The molecule has 1 amide bonds. The Kier molecular flexibility index (Phi) is 6.73. The summed E-state index contributed by atoms with van der Waals surface area (Å²) in [6.45, 7) is 0. The summed E-state index contributed by atoms with van der Waals surface area (Å²) in [5.41, 5.74) is 1.27. The Balaban J connectivity index is 1.57. The van der Waals surface area contributed by atoms with Crippen LogP contribution in [-0.2, 0) is 14.8 Å². The third-order valence-electron chi connectivity index (χ3n) is 3.72. The van der Waals surface area contributed by atoms with E-state index in [2.05, 4.69) is 31.4 Å². The molecular weight excluding hydrogens is 480 g/mol. The first-order valence-corrected chi connectivity index (χ1v) is 11.5. The van der Waals surface area contributed by atoms with E-state index in [1.807, 2.05) is 24.3 Å². The molecule has 0 aliphatic heterocycles. The predicted octanol–water partition coefficient (Wildman–Crippen LogP) is 3.48. The van der Waals surface area contributed by atoms with Crippen LogP contribution in [0.2, 0.25) is 0 Å². The number of nitrogens with one attached hydrogen (secondary N) is 1. The van der Waals surface area contributed by atoms with Gasteiger partial charge in [-0.05, 0) is 42.5 Å². The topological polar surface area (TPSA) is 105 Å². The summed E-state index contributed by atoms with van der Waals surface area (Å²) in [5.74, 6) is 0.157. The van der Waals surface area contributed by atoms with Gasteiger partial charge in [0.1, 0.15) is 0 Å². The fourth-order valence-corrected chi connectivity index (χ4v) is 4.12. The first-order valence-electron chi connectivity index (χ1n) is 8.30. The van der Waals surface area contributed by atoms with Crippen LogP contribution < -0.4 is 5.32 Å². The monoisotopic (exact) mass is 496 g/mol. The highest BCUT2D eigenvalue weighted by molar-refractivity contribution is 9.10. The number of sulfonamides is 1. The van der Waals surface area contributed by atoms with E-state index in [4.69, 9.17) is 4.42 Å². The largest absolute Gasteiger partial charge is 0.411 e. The number of amides is 1. The molecule has 1 heterocycles. The molecule has 8 nitrogen and oxygen atoms in total. The van der Waals surface area contributed by atoms with Crippen molar-refractivity contribution in [2.75, 3.05) is 25.2 Å². The number of halogens is 1. The van der Waals surface area contributed by atoms with Crippen molar-refractivity contribution in [2.45, 2.75) is 10.1 Å². The molecule has 0 aliphatic rings. The zero-order chi connectivity index (χ0) is 21.0. The van der Waals surface area contributed by atoms with Crippen LogP contribution in [0.1, 0.15) is 0 Å². The Hall–Kier alpha value is -2.21. The molecule has 3 aromatic rings. The van der Waals surface area contributed by atoms with Gasteiger partial charge in [-0.1, -0.05) is 33.8 Å². The van der Waals surface area contributed by atoms with Crippen molar-refractivity contribution in [1.29, 1.82) is 0 Å². The molecule has 0 unspecified atom stereocenters. The maximum atomic E-state index is 12.1. The van der Waals surface area contributed by atoms with E-state index in [1.165, 1.54) is 38.4 Å². The molecule has 11 heteroatoms. The fraction of sp³-hybridized carbons (Fsp3) is 0.167. The molecule has 0 radical (unpaired) electrons. The van der Waals surface area contributed by atoms with Crippen molar-refractivity contribution < 1.29 is 17.6 Å². The molecule has 2 aromatic carbocycles. The molecule has 0 bridgehead atoms. The van der Waals surface area contributed by atoms with Crippen molar-refractivity contribution in [3.63, 3.8) is 0 Å². The number of hydrogen-bond donors (Lipinski definition) is 1. The highest BCUT2D eigenvalue weighted by Gasteiger charge is 2.17. The lowest BCUT2D eigenvalue weighted by Crippen LogP contribution is -2.22. The molecule has 1 N–H and O–H groups in total. The van der Waals surface area contributed by atoms with E-state index in [0.29, 0.717) is 11.6 Å². The van der Waals surface area contributed by atoms with Gasteiger partial charge >= 0.3 is 0 Å². The van der Waals surface area contributed by atoms with Gasteiger partial charge in [0.05, 0.1) is 10.6 Å². The number of carbonyl (C=O) groups is 1. The SMILES string of the molecule is CN(C)S(=O)(=O)c1ccc(NC(=O)CSc2nnc(-c3cccc(Br)c3)o2)cc1. The summed E-state index contributed by atoms with van der Waals surface area (Å²) in [6.07, 6.45) is 0. The lowest BCUT2D eigenvalue weighted by Gasteiger charge is -2.11. The van der Waals surface area contributed by atoms with Crippen LogP contribution in [0.15, 0.2) is 67.5 Å². The maximum Gasteiger partial charge on any atom is 0.277 e. The summed E-state index contributed by atoms with van der Waals surface area (Å²) < 4.78 is 31.7. The molecular formula is C18H17BrN4O4S2. The van der Waals surface area contributed by atoms with Gasteiger partial charge in [0.15, 0.2) is 0 Å². The van der Waals surface area contributed by atoms with Crippen LogP contribution >= 0.6 is 27.7 Å². The zero-order valence-electron chi connectivity index (χ0n) is 15.5. The van der Waals surface area contributed by atoms with E-state index in [-0.39, 0.29) is 21.8 Å². The molecule has 0 saturated heterocycles. The highest BCUT2D eigenvalue weighted by atomic mass is 79.9. The van der Waals surface area contributed by atoms with Gasteiger partial charge in [0.25, 0.3) is 5.22 Å². The predicted molar refractivity (Wildman–Crippen MR) is 114 cm³/mol. The molecule has 152 valence electrons. The Labute approximate surface area is 180 Å². The Morgan fingerprint density at radius 1 is 1.17 bits per heavy atom. The smallest absolute Gasteiger partial charge is 0.277 e. The van der Waals surface area contributed by atoms with Crippen LogP contribution in [-0.4, -0.2) is 48.7 Å². The Morgan fingerprint density at radius 3 is 2.55 bits per heavy atom. The lowest BCUT2D eigenvalue weighted by atomic mass is 10.2. The van der Waals surface area contributed by atoms with Crippen LogP contribution in [0.3, 0.4) is 0 Å². The third kappa shape index (κ3) is 5.44. The van der Waals surface area contributed by atoms with Gasteiger partial charge < -0.3 is 9.73 Å². The summed E-state index contributed by atoms with van der Waals surface area (Å²) in [5, 5.41) is 10.9. The van der Waals surface area contributed by atoms with Crippen LogP contribution in [0.4, 0.5) is 5.69 Å². The van der Waals surface area contributed by atoms with E-state index in [1.54, 1.807) is 0 Å². The first-order chi connectivity index (χ1) is 13.8. The van der Waals surface area contributed by atoms with Gasteiger partial charge in [0, 0.05) is 29.8 Å². The average molecular weight is 497 g/mol. The summed E-state index contributed by atoms with van der Waals surface area (Å²) in [6, 6.07) is 13.4. The minimum atomic E-state index is -3.51. The molecule has 0 atom stereocenters. The van der Waals surface area contributed by atoms with Crippen molar-refractivity contribution in [1.82, 2.24) is 14.5 Å². The minimum Gasteiger partial charge on any atom is -0.411 e. The van der Waals surface area contributed by atoms with E-state index in [0.717, 1.165) is 26.1 Å². The number of benzene rings is 2. The van der Waals surface area contributed by atoms with Gasteiger partial charge in [-0.2, -0.15) is 0 Å². The van der Waals surface area contributed by atoms with E-state index >= 15 is 0 Å². The van der Waals surface area contributed by atoms with E-state index < -0.39 is 10.0 Å². The summed E-state index contributed by atoms with van der Waals surface area (Å²) in [4.78, 5) is 12.3. The molecule has 3 rings (SSSR count). The van der Waals surface area contributed by atoms with Crippen LogP contribution in [0.25, 0.3) is 11.5 Å². The number of anilines is 1. The maximum absolute atomic E-state index is 12.1. The van der Waals surface area contributed by atoms with Gasteiger partial charge in [-0.15, -0.1) is 10.2 Å². The second kappa shape index (κ2) is 9.08. The summed E-state index contributed by atoms with van der Waals surface area (Å²) >= 11 is 4.50. The quantitative estimate of drug-likeness (QED) is 0.499. The second-order valence-corrected chi connectivity index (χ2v) is 10.0. The molecule has 29 heavy (non-hydrogen) atoms. The Morgan fingerprint density at radius 2 is 1.90 bits per heavy atom. The average Bonchev–Trinajstić information content (AvgIpc) is 3.16. The molecule has 0 aliphatic carbocycles. The number of rotatable bonds is 7. The zero-order valence-corrected chi connectivity index (χ0v) is 18.7. The highest BCUT2D eigenvalue weighted by Crippen LogP contribution is 2.25. The van der Waals surface area contributed by atoms with Crippen molar-refractivity contribution >= 4 is 49.3 Å². The third-order valence-corrected chi connectivity index (χ3v) is 6.86. The van der Waals surface area contributed by atoms with Crippen molar-refractivity contribution in [3.8, 4) is 11.5 Å². The molecule has 0 fully saturated rings. The first kappa shape index (κ1) is 21.5. The van der Waals surface area contributed by atoms with Gasteiger partial charge in [-0.25, -0.2) is 12.7 Å². The minimum absolute atomic E-state index is 0.0673. The van der Waals surface area contributed by atoms with Crippen LogP contribution in [0, 0.1) is 0 Å². The molecule has 1 aromatic heterocycles. The molecule has 0 saturated carbocycles. The van der Waals surface area contributed by atoms with Gasteiger partial charge in [-0.3, -0.25) is 4.79 Å². The lowest BCUT2D eigenvalue weighted by molar-refractivity contribution is -0.113. The number of carbonyl (C=O) groups excluding carboxylic acids is 1. The van der Waals surface area contributed by atoms with Gasteiger partial charge in [0.2, 0.25) is 21.8 Å². The number of aromatic nitrogens is 2. The standard InChI is InChI=1S/C18H17BrN4O4S2/c1-23(2)29(25,26)15-8-6-14(7-9-15)20-16(24)11-28-18-22-21-17(27-18)12-4-3-5-13(19)10-12/h3-10H,11H2,1-2H3,(H,20,24). The normalized spacial score (nSPS) is 11.6. The number of hydrogen-bond acceptors (Lipinski definition) is 7. The number of thioether (sulfide) groups is 1. The van der Waals surface area contributed by atoms with Crippen LogP contribution in [0.5, 0.6) is 0 Å². The second-order valence-electron chi connectivity index (χ2n) is 6.03. The summed E-state index contributed by atoms with van der Waals surface area (Å²) in [7, 11) is -0.586. The van der Waals surface area contributed by atoms with Crippen molar-refractivity contribution in [3.05, 3.63) is 53.0 Å². The molecule has 0 spiro atoms. The van der Waals surface area contributed by atoms with Crippen molar-refractivity contribution in [2.24, 2.45) is 0 Å².